The van der Waals surface area contributed by atoms with Crippen LogP contribution < -0.4 is 15.4 Å². The van der Waals surface area contributed by atoms with Gasteiger partial charge >= 0.3 is 6.01 Å². The van der Waals surface area contributed by atoms with E-state index in [2.05, 4.69) is 9.88 Å². The molecule has 0 bridgehead atoms. The molecule has 6 heterocycles. The molecule has 16 heteroatoms. The van der Waals surface area contributed by atoms with Crippen molar-refractivity contribution in [1.29, 1.82) is 5.26 Å². The van der Waals surface area contributed by atoms with Gasteiger partial charge in [-0.1, -0.05) is 17.7 Å². The average Bonchev–Trinajstić information content (AvgIpc) is 3.71. The van der Waals surface area contributed by atoms with Crippen molar-refractivity contribution in [3.8, 4) is 23.2 Å². The van der Waals surface area contributed by atoms with Crippen LogP contribution in [0.1, 0.15) is 50.5 Å². The topological polar surface area (TPSA) is 112 Å². The summed E-state index contributed by atoms with van der Waals surface area (Å²) in [6.45, 7) is 2.16. The highest BCUT2D eigenvalue weighted by Crippen LogP contribution is 2.52. The van der Waals surface area contributed by atoms with Crippen LogP contribution in [0.5, 0.6) is 6.01 Å². The summed E-state index contributed by atoms with van der Waals surface area (Å²) in [5.74, 6) is -6.03. The summed E-state index contributed by atoms with van der Waals surface area (Å²) < 4.78 is 81.0. The third kappa shape index (κ3) is 5.04. The molecule has 1 saturated carbocycles. The maximum atomic E-state index is 17.1. The van der Waals surface area contributed by atoms with Crippen LogP contribution in [0.3, 0.4) is 0 Å². The second-order valence-electron chi connectivity index (χ2n) is 14.9. The van der Waals surface area contributed by atoms with Gasteiger partial charge in [0, 0.05) is 55.4 Å². The second kappa shape index (κ2) is 11.8. The zero-order valence-electron chi connectivity index (χ0n) is 27.8. The van der Waals surface area contributed by atoms with Crippen LogP contribution in [0.2, 0.25) is 5.02 Å². The molecule has 2 aromatic carbocycles. The Morgan fingerprint density at radius 2 is 1.92 bits per heavy atom. The number of alkyl halides is 3. The minimum Gasteiger partial charge on any atom is -0.461 e. The number of anilines is 2. The van der Waals surface area contributed by atoms with Crippen molar-refractivity contribution in [2.24, 2.45) is 5.92 Å². The van der Waals surface area contributed by atoms with E-state index in [4.69, 9.17) is 27.1 Å². The van der Waals surface area contributed by atoms with Gasteiger partial charge in [-0.15, -0.1) is 11.3 Å². The van der Waals surface area contributed by atoms with Gasteiger partial charge in [-0.3, -0.25) is 9.69 Å². The molecule has 1 aliphatic carbocycles. The van der Waals surface area contributed by atoms with Crippen LogP contribution >= 0.6 is 22.9 Å². The van der Waals surface area contributed by atoms with Crippen LogP contribution in [0, 0.1) is 28.9 Å². The fraction of sp³-hybridized carbons (Fsp3) is 0.500. The normalized spacial score (nSPS) is 28.0. The lowest BCUT2D eigenvalue weighted by molar-refractivity contribution is -0.138. The number of hydrogen-bond donors (Lipinski definition) is 1. The van der Waals surface area contributed by atoms with Crippen LogP contribution in [-0.4, -0.2) is 88.2 Å². The van der Waals surface area contributed by atoms with E-state index >= 15 is 4.39 Å². The van der Waals surface area contributed by atoms with Crippen molar-refractivity contribution in [3.63, 3.8) is 0 Å². The van der Waals surface area contributed by atoms with E-state index < -0.39 is 53.1 Å². The number of nitriles is 1. The Kier molecular flexibility index (Phi) is 7.64. The number of fused-ring (bicyclic) bond motifs is 3. The van der Waals surface area contributed by atoms with Crippen molar-refractivity contribution >= 4 is 60.7 Å². The molecule has 2 unspecified atom stereocenters. The van der Waals surface area contributed by atoms with Crippen molar-refractivity contribution in [2.45, 2.75) is 68.1 Å². The van der Waals surface area contributed by atoms with E-state index in [1.807, 2.05) is 11.0 Å². The number of rotatable bonds is 6. The largest absolute Gasteiger partial charge is 0.461 e. The molecule has 4 aromatic rings. The summed E-state index contributed by atoms with van der Waals surface area (Å²) in [5.41, 5.74) is 4.72. The van der Waals surface area contributed by atoms with E-state index in [0.29, 0.717) is 45.3 Å². The van der Waals surface area contributed by atoms with Crippen LogP contribution in [0.15, 0.2) is 18.2 Å². The van der Waals surface area contributed by atoms with Crippen LogP contribution in [0.4, 0.5) is 32.8 Å². The van der Waals surface area contributed by atoms with Gasteiger partial charge in [-0.05, 0) is 56.3 Å². The molecule has 2 aromatic heterocycles. The lowest BCUT2D eigenvalue weighted by Gasteiger charge is -2.35. The molecule has 2 N–H and O–H groups in total. The van der Waals surface area contributed by atoms with Gasteiger partial charge in [0.2, 0.25) is 5.91 Å². The number of ether oxygens (including phenoxy) is 1. The predicted molar refractivity (Wildman–Crippen MR) is 187 cm³/mol. The van der Waals surface area contributed by atoms with Crippen molar-refractivity contribution in [1.82, 2.24) is 19.8 Å². The van der Waals surface area contributed by atoms with E-state index in [1.54, 1.807) is 4.90 Å². The lowest BCUT2D eigenvalue weighted by atomic mass is 9.94. The second-order valence-corrected chi connectivity index (χ2v) is 16.4. The SMILES string of the molecule is N#Cc1c(N)sc2c(F)ccc(-c3c(Cl)cc4c(N5CCC6(CCCN6C(=O)C6CC6(F)F)C5)nc(OC[C@@]56CCCN5C[C@H](F)C6)nc4c3F)c12. The maximum Gasteiger partial charge on any atom is 0.319 e. The molecule has 1 spiro atoms. The van der Waals surface area contributed by atoms with Gasteiger partial charge in [0.25, 0.3) is 5.92 Å². The number of halogens is 6. The molecule has 0 radical (unpaired) electrons. The number of likely N-dealkylation sites (tertiary alicyclic amines) is 1. The molecule has 4 saturated heterocycles. The average molecular weight is 758 g/mol. The van der Waals surface area contributed by atoms with Gasteiger partial charge in [-0.2, -0.15) is 15.2 Å². The van der Waals surface area contributed by atoms with Gasteiger partial charge in [0.1, 0.15) is 46.9 Å². The first-order valence-corrected chi connectivity index (χ1v) is 18.6. The Morgan fingerprint density at radius 3 is 2.69 bits per heavy atom. The molecule has 52 heavy (non-hydrogen) atoms. The number of thiophene rings is 1. The zero-order valence-corrected chi connectivity index (χ0v) is 29.4. The number of carbonyl (C=O) groups excluding carboxylic acids is 1. The Bertz CT molecular complexity index is 2230. The standard InChI is InChI=1S/C36H33ClF5N7O2S/c37-23-11-20-28(27(40)26(23)19-3-4-24(39)29-25(19)21(14-43)30(44)52-29)45-33(51-17-35-6-1-8-48(35)15-18(38)12-35)46-31(20)47-10-7-34(16-47)5-2-9-49(34)32(50)22-13-36(22,41)42/h3-4,11,18,22H,1-2,5-10,12-13,15-17,44H2/t18-,22?,34?,35+/m1/s1. The molecule has 5 fully saturated rings. The Balaban J connectivity index is 1.16. The smallest absolute Gasteiger partial charge is 0.319 e. The highest BCUT2D eigenvalue weighted by Gasteiger charge is 2.64. The summed E-state index contributed by atoms with van der Waals surface area (Å²) in [6, 6.07) is 5.89. The number of benzene rings is 2. The van der Waals surface area contributed by atoms with Crippen molar-refractivity contribution in [2.75, 3.05) is 50.0 Å². The van der Waals surface area contributed by atoms with Gasteiger partial charge in [0.15, 0.2) is 5.82 Å². The third-order valence-corrected chi connectivity index (χ3v) is 13.2. The summed E-state index contributed by atoms with van der Waals surface area (Å²) in [7, 11) is 0. The number of nitrogens with zero attached hydrogens (tertiary/aromatic N) is 6. The maximum absolute atomic E-state index is 17.1. The van der Waals surface area contributed by atoms with E-state index in [0.717, 1.165) is 36.8 Å². The summed E-state index contributed by atoms with van der Waals surface area (Å²) in [4.78, 5) is 28.2. The fourth-order valence-electron chi connectivity index (χ4n) is 9.28. The summed E-state index contributed by atoms with van der Waals surface area (Å²) >= 11 is 7.74. The molecule has 4 atom stereocenters. The number of amides is 1. The molecule has 1 amide bonds. The number of aromatic nitrogens is 2. The zero-order chi connectivity index (χ0) is 36.3. The molecule has 9 rings (SSSR count). The highest BCUT2D eigenvalue weighted by molar-refractivity contribution is 7.23. The van der Waals surface area contributed by atoms with Crippen LogP contribution in [-0.2, 0) is 4.79 Å². The predicted octanol–water partition coefficient (Wildman–Crippen LogP) is 7.08. The Labute approximate surface area is 304 Å². The van der Waals surface area contributed by atoms with Crippen molar-refractivity contribution < 1.29 is 31.5 Å². The summed E-state index contributed by atoms with van der Waals surface area (Å²) in [6.07, 6.45) is 2.25. The Hall–Kier alpha value is -4.00. The highest BCUT2D eigenvalue weighted by atomic mass is 35.5. The molecule has 272 valence electrons. The van der Waals surface area contributed by atoms with E-state index in [9.17, 15) is 27.6 Å². The first-order chi connectivity index (χ1) is 24.8. The van der Waals surface area contributed by atoms with Crippen molar-refractivity contribution in [3.05, 3.63) is 40.4 Å². The van der Waals surface area contributed by atoms with Gasteiger partial charge in [-0.25, -0.2) is 22.0 Å². The number of hydrogen-bond acceptors (Lipinski definition) is 9. The number of nitrogens with two attached hydrogens (primary N) is 1. The fourth-order valence-corrected chi connectivity index (χ4v) is 10.5. The molecule has 9 nitrogen and oxygen atoms in total. The molecular formula is C36H33ClF5N7O2S. The lowest BCUT2D eigenvalue weighted by Crippen LogP contribution is -2.50. The third-order valence-electron chi connectivity index (χ3n) is 11.9. The quantitative estimate of drug-likeness (QED) is 0.208. The van der Waals surface area contributed by atoms with Gasteiger partial charge < -0.3 is 20.3 Å². The molecule has 5 aliphatic rings. The minimum absolute atomic E-state index is 0.00237. The first-order valence-electron chi connectivity index (χ1n) is 17.4. The molecule has 4 aliphatic heterocycles. The van der Waals surface area contributed by atoms with Crippen LogP contribution in [0.25, 0.3) is 32.1 Å². The first kappa shape index (κ1) is 33.8. The van der Waals surface area contributed by atoms with E-state index in [1.165, 1.54) is 12.1 Å². The monoisotopic (exact) mass is 757 g/mol. The summed E-state index contributed by atoms with van der Waals surface area (Å²) in [5, 5.41) is 10.3. The van der Waals surface area contributed by atoms with Gasteiger partial charge in [0.05, 0.1) is 26.4 Å². The van der Waals surface area contributed by atoms with E-state index in [-0.39, 0.29) is 72.7 Å². The minimum atomic E-state index is -2.99. The number of nitrogen functional groups attached to an aromatic ring is 1. The number of carbonyl (C=O) groups is 1. The molecular weight excluding hydrogens is 725 g/mol. The Morgan fingerprint density at radius 1 is 1.13 bits per heavy atom.